The third kappa shape index (κ3) is 2.54. The number of hydrogen-bond acceptors (Lipinski definition) is 2. The fraction of sp³-hybridized carbons (Fsp3) is 0.476. The van der Waals surface area contributed by atoms with Crippen molar-refractivity contribution >= 4 is 45.0 Å². The average Bonchev–Trinajstić information content (AvgIpc) is 2.89. The summed E-state index contributed by atoms with van der Waals surface area (Å²) in [4.78, 5) is 17.3. The maximum absolute atomic E-state index is 13.0. The normalized spacial score (nSPS) is 22.3. The molecule has 26 heavy (non-hydrogen) atoms. The smallest absolute Gasteiger partial charge is 0.230 e. The van der Waals surface area contributed by atoms with E-state index in [0.717, 1.165) is 26.1 Å². The summed E-state index contributed by atoms with van der Waals surface area (Å²) in [5.74, 6) is 0.208. The molecule has 2 aromatic rings. The second kappa shape index (κ2) is 6.68. The molecule has 2 heterocycles. The van der Waals surface area contributed by atoms with Crippen molar-refractivity contribution in [2.75, 3.05) is 26.7 Å². The van der Waals surface area contributed by atoms with Gasteiger partial charge in [-0.05, 0) is 72.7 Å². The summed E-state index contributed by atoms with van der Waals surface area (Å²) >= 11 is 2.48. The van der Waals surface area contributed by atoms with E-state index >= 15 is 0 Å². The Kier molecular flexibility index (Phi) is 4.63. The largest absolute Gasteiger partial charge is 0.343 e. The van der Waals surface area contributed by atoms with Gasteiger partial charge in [-0.3, -0.25) is 9.69 Å². The first kappa shape index (κ1) is 18.0. The van der Waals surface area contributed by atoms with Gasteiger partial charge in [-0.15, -0.1) is 0 Å². The zero-order valence-corrected chi connectivity index (χ0v) is 18.1. The Morgan fingerprint density at radius 1 is 1.27 bits per heavy atom. The van der Waals surface area contributed by atoms with Crippen LogP contribution in [0.4, 0.5) is 0 Å². The van der Waals surface area contributed by atoms with Gasteiger partial charge >= 0.3 is 0 Å². The SMILES string of the molecule is CCN(CC)C(=O)[C@@H]1C=C2c3cccc4c3c(c(I)n4C)C[C@H]2N(C)C1. The van der Waals surface area contributed by atoms with Crippen LogP contribution in [0.3, 0.4) is 0 Å². The Morgan fingerprint density at radius 2 is 2.00 bits per heavy atom. The quantitative estimate of drug-likeness (QED) is 0.652. The van der Waals surface area contributed by atoms with Crippen LogP contribution in [0.5, 0.6) is 0 Å². The highest BCUT2D eigenvalue weighted by Gasteiger charge is 2.37. The van der Waals surface area contributed by atoms with E-state index in [4.69, 9.17) is 0 Å². The topological polar surface area (TPSA) is 28.5 Å². The fourth-order valence-corrected chi connectivity index (χ4v) is 5.43. The van der Waals surface area contributed by atoms with Crippen LogP contribution in [0.1, 0.15) is 25.0 Å². The number of aromatic nitrogens is 1. The summed E-state index contributed by atoms with van der Waals surface area (Å²) in [6.07, 6.45) is 3.30. The molecule has 2 aliphatic rings. The Balaban J connectivity index is 1.86. The number of rotatable bonds is 3. The lowest BCUT2D eigenvalue weighted by molar-refractivity contribution is -0.134. The number of likely N-dealkylation sites (N-methyl/N-ethyl adjacent to an activating group) is 1. The first-order valence-electron chi connectivity index (χ1n) is 9.44. The number of benzene rings is 1. The van der Waals surface area contributed by atoms with Crippen LogP contribution in [-0.4, -0.2) is 53.0 Å². The molecule has 1 amide bonds. The fourth-order valence-electron chi connectivity index (χ4n) is 4.68. The number of hydrogen-bond donors (Lipinski definition) is 0. The van der Waals surface area contributed by atoms with Gasteiger partial charge in [0.25, 0.3) is 0 Å². The number of carbonyl (C=O) groups excluding carboxylic acids is 1. The molecule has 4 rings (SSSR count). The number of aryl methyl sites for hydroxylation is 1. The van der Waals surface area contributed by atoms with E-state index in [2.05, 4.69) is 84.3 Å². The van der Waals surface area contributed by atoms with Gasteiger partial charge in [0.1, 0.15) is 0 Å². The van der Waals surface area contributed by atoms with E-state index in [9.17, 15) is 4.79 Å². The van der Waals surface area contributed by atoms with Crippen molar-refractivity contribution in [2.45, 2.75) is 26.3 Å². The van der Waals surface area contributed by atoms with Gasteiger partial charge in [0, 0.05) is 43.6 Å². The Hall–Kier alpha value is -1.34. The molecular formula is C21H26IN3O. The lowest BCUT2D eigenvalue weighted by Gasteiger charge is -2.40. The van der Waals surface area contributed by atoms with Crippen LogP contribution in [0.25, 0.3) is 16.5 Å². The minimum atomic E-state index is -0.0502. The Labute approximate surface area is 169 Å². The Morgan fingerprint density at radius 3 is 2.69 bits per heavy atom. The highest BCUT2D eigenvalue weighted by molar-refractivity contribution is 14.1. The van der Waals surface area contributed by atoms with Crippen molar-refractivity contribution in [3.63, 3.8) is 0 Å². The highest BCUT2D eigenvalue weighted by atomic mass is 127. The van der Waals surface area contributed by atoms with Crippen LogP contribution in [-0.2, 0) is 18.3 Å². The van der Waals surface area contributed by atoms with E-state index in [1.807, 2.05) is 4.90 Å². The van der Waals surface area contributed by atoms with Gasteiger partial charge in [-0.1, -0.05) is 18.2 Å². The van der Waals surface area contributed by atoms with Gasteiger partial charge in [0.05, 0.1) is 9.62 Å². The van der Waals surface area contributed by atoms with Crippen molar-refractivity contribution in [3.05, 3.63) is 39.1 Å². The zero-order valence-electron chi connectivity index (χ0n) is 15.9. The number of carbonyl (C=O) groups is 1. The molecule has 1 aromatic heterocycles. The number of nitrogens with zero attached hydrogens (tertiary/aromatic N) is 3. The van der Waals surface area contributed by atoms with E-state index in [1.165, 1.54) is 31.3 Å². The molecule has 4 nitrogen and oxygen atoms in total. The van der Waals surface area contributed by atoms with Crippen molar-refractivity contribution in [1.29, 1.82) is 0 Å². The molecule has 138 valence electrons. The molecule has 1 aromatic carbocycles. The number of amides is 1. The van der Waals surface area contributed by atoms with Crippen LogP contribution in [0, 0.1) is 9.62 Å². The van der Waals surface area contributed by atoms with Gasteiger partial charge in [0.2, 0.25) is 5.91 Å². The maximum Gasteiger partial charge on any atom is 0.230 e. The van der Waals surface area contributed by atoms with Crippen LogP contribution in [0.15, 0.2) is 24.3 Å². The molecule has 2 atom stereocenters. The summed E-state index contributed by atoms with van der Waals surface area (Å²) in [7, 11) is 4.32. The first-order valence-corrected chi connectivity index (χ1v) is 10.5. The Bertz CT molecular complexity index is 910. The minimum absolute atomic E-state index is 0.0502. The van der Waals surface area contributed by atoms with Gasteiger partial charge in [-0.25, -0.2) is 0 Å². The number of halogens is 1. The van der Waals surface area contributed by atoms with Crippen LogP contribution < -0.4 is 0 Å². The van der Waals surface area contributed by atoms with E-state index in [1.54, 1.807) is 0 Å². The van der Waals surface area contributed by atoms with Gasteiger partial charge < -0.3 is 9.47 Å². The molecule has 1 aliphatic heterocycles. The molecule has 0 bridgehead atoms. The molecular weight excluding hydrogens is 437 g/mol. The summed E-state index contributed by atoms with van der Waals surface area (Å²) < 4.78 is 3.63. The van der Waals surface area contributed by atoms with Gasteiger partial charge in [0.15, 0.2) is 0 Å². The van der Waals surface area contributed by atoms with Crippen molar-refractivity contribution in [3.8, 4) is 0 Å². The lowest BCUT2D eigenvalue weighted by Crippen LogP contribution is -2.47. The molecule has 0 radical (unpaired) electrons. The first-order chi connectivity index (χ1) is 12.5. The average molecular weight is 463 g/mol. The molecule has 0 saturated heterocycles. The zero-order chi connectivity index (χ0) is 18.6. The summed E-state index contributed by atoms with van der Waals surface area (Å²) in [6.45, 7) is 6.47. The standard InChI is InChI=1S/C21H26IN3O/c1-5-25(6-2)21(26)13-10-15-14-8-7-9-17-19(14)16(20(22)24(17)4)11-18(15)23(3)12-13/h7-10,13,18H,5-6,11-12H2,1-4H3/t13-,18-/m1/s1. The molecule has 0 N–H and O–H groups in total. The summed E-state index contributed by atoms with van der Waals surface area (Å²) in [5.41, 5.74) is 5.41. The van der Waals surface area contributed by atoms with Crippen molar-refractivity contribution < 1.29 is 4.79 Å². The van der Waals surface area contributed by atoms with Crippen molar-refractivity contribution in [2.24, 2.45) is 13.0 Å². The highest BCUT2D eigenvalue weighted by Crippen LogP contribution is 2.43. The van der Waals surface area contributed by atoms with Crippen LogP contribution >= 0.6 is 22.6 Å². The molecule has 5 heteroatoms. The minimum Gasteiger partial charge on any atom is -0.343 e. The van der Waals surface area contributed by atoms with Crippen LogP contribution in [0.2, 0.25) is 0 Å². The molecule has 0 saturated carbocycles. The third-order valence-corrected chi connectivity index (χ3v) is 7.48. The predicted molar refractivity (Wildman–Crippen MR) is 115 cm³/mol. The van der Waals surface area contributed by atoms with E-state index in [-0.39, 0.29) is 11.8 Å². The molecule has 1 aliphatic carbocycles. The second-order valence-electron chi connectivity index (χ2n) is 7.43. The summed E-state index contributed by atoms with van der Waals surface area (Å²) in [5, 5.41) is 1.38. The van der Waals surface area contributed by atoms with E-state index in [0.29, 0.717) is 6.04 Å². The lowest BCUT2D eigenvalue weighted by atomic mass is 9.79. The van der Waals surface area contributed by atoms with E-state index < -0.39 is 0 Å². The van der Waals surface area contributed by atoms with Crippen molar-refractivity contribution in [1.82, 2.24) is 14.4 Å². The molecule has 0 fully saturated rings. The third-order valence-electron chi connectivity index (χ3n) is 6.11. The molecule has 0 unspecified atom stereocenters. The van der Waals surface area contributed by atoms with Gasteiger partial charge in [-0.2, -0.15) is 0 Å². The number of fused-ring (bicyclic) bond motifs is 2. The predicted octanol–water partition coefficient (Wildman–Crippen LogP) is 3.52. The monoisotopic (exact) mass is 463 g/mol. The maximum atomic E-state index is 13.0. The second-order valence-corrected chi connectivity index (χ2v) is 8.45. The summed E-state index contributed by atoms with van der Waals surface area (Å²) in [6, 6.07) is 6.95. The molecule has 0 spiro atoms.